The number of nitrogens with two attached hydrogens (primary N) is 1. The molecule has 1 aromatic heterocycles. The molecule has 0 aromatic carbocycles. The lowest BCUT2D eigenvalue weighted by molar-refractivity contribution is -0.118. The van der Waals surface area contributed by atoms with Crippen LogP contribution < -0.4 is 10.6 Å². The molecule has 1 unspecified atom stereocenters. The molecule has 1 atom stereocenters. The normalized spacial score (nSPS) is 12.5. The number of nitrogens with zero attached hydrogens (tertiary/aromatic N) is 1. The number of hydrogen-bond donors (Lipinski definition) is 1. The van der Waals surface area contributed by atoms with Gasteiger partial charge in [0, 0.05) is 19.5 Å². The number of hydrogen-bond acceptors (Lipinski definition) is 3. The second kappa shape index (κ2) is 5.12. The van der Waals surface area contributed by atoms with Gasteiger partial charge in [0.1, 0.15) is 0 Å². The molecule has 0 saturated heterocycles. The van der Waals surface area contributed by atoms with Crippen molar-refractivity contribution in [2.24, 2.45) is 5.73 Å². The average Bonchev–Trinajstić information content (AvgIpc) is 2.65. The maximum Gasteiger partial charge on any atom is 0.227 e. The third-order valence-electron chi connectivity index (χ3n) is 2.02. The Labute approximate surface area is 88.5 Å². The summed E-state index contributed by atoms with van der Waals surface area (Å²) >= 11 is 1.57. The van der Waals surface area contributed by atoms with Crippen LogP contribution in [0.25, 0.3) is 0 Å². The molecule has 0 fully saturated rings. The van der Waals surface area contributed by atoms with Crippen LogP contribution in [-0.4, -0.2) is 19.0 Å². The molecule has 1 heterocycles. The van der Waals surface area contributed by atoms with E-state index in [0.29, 0.717) is 6.42 Å². The average molecular weight is 212 g/mol. The highest BCUT2D eigenvalue weighted by Crippen LogP contribution is 2.20. The molecule has 14 heavy (non-hydrogen) atoms. The van der Waals surface area contributed by atoms with E-state index in [0.717, 1.165) is 11.4 Å². The molecule has 0 aliphatic heterocycles. The van der Waals surface area contributed by atoms with Crippen LogP contribution in [0.1, 0.15) is 19.8 Å². The summed E-state index contributed by atoms with van der Waals surface area (Å²) in [5.74, 6) is 0.129. The van der Waals surface area contributed by atoms with E-state index in [1.165, 1.54) is 0 Å². The van der Waals surface area contributed by atoms with Crippen LogP contribution >= 0.6 is 11.3 Å². The highest BCUT2D eigenvalue weighted by Gasteiger charge is 2.11. The zero-order valence-electron chi connectivity index (χ0n) is 8.56. The van der Waals surface area contributed by atoms with Gasteiger partial charge in [-0.15, -0.1) is 11.3 Å². The van der Waals surface area contributed by atoms with Gasteiger partial charge in [-0.2, -0.15) is 0 Å². The Morgan fingerprint density at radius 2 is 2.43 bits per heavy atom. The van der Waals surface area contributed by atoms with Crippen molar-refractivity contribution in [1.29, 1.82) is 0 Å². The van der Waals surface area contributed by atoms with Crippen molar-refractivity contribution in [2.75, 3.05) is 11.9 Å². The number of thiophene rings is 1. The van der Waals surface area contributed by atoms with E-state index in [2.05, 4.69) is 0 Å². The lowest BCUT2D eigenvalue weighted by Crippen LogP contribution is -2.27. The van der Waals surface area contributed by atoms with Gasteiger partial charge in [0.2, 0.25) is 5.91 Å². The fourth-order valence-corrected chi connectivity index (χ4v) is 1.82. The van der Waals surface area contributed by atoms with Gasteiger partial charge >= 0.3 is 0 Å². The molecule has 78 valence electrons. The molecule has 3 nitrogen and oxygen atoms in total. The van der Waals surface area contributed by atoms with Crippen LogP contribution in [0, 0.1) is 0 Å². The summed E-state index contributed by atoms with van der Waals surface area (Å²) in [6.07, 6.45) is 1.26. The molecule has 0 aliphatic rings. The third kappa shape index (κ3) is 3.12. The second-order valence-electron chi connectivity index (χ2n) is 3.42. The van der Waals surface area contributed by atoms with Crippen LogP contribution in [0.2, 0.25) is 0 Å². The molecule has 1 aromatic rings. The van der Waals surface area contributed by atoms with Gasteiger partial charge in [-0.1, -0.05) is 0 Å². The van der Waals surface area contributed by atoms with Crippen LogP contribution in [0.4, 0.5) is 5.00 Å². The Kier molecular flexibility index (Phi) is 4.10. The Bertz CT molecular complexity index is 282. The molecule has 1 rings (SSSR count). The molecule has 1 amide bonds. The Hall–Kier alpha value is -0.870. The van der Waals surface area contributed by atoms with E-state index < -0.39 is 0 Å². The van der Waals surface area contributed by atoms with Gasteiger partial charge in [-0.25, -0.2) is 0 Å². The van der Waals surface area contributed by atoms with E-state index in [4.69, 9.17) is 5.73 Å². The van der Waals surface area contributed by atoms with Crippen molar-refractivity contribution >= 4 is 22.2 Å². The number of carbonyl (C=O) groups excluding carboxylic acids is 1. The summed E-state index contributed by atoms with van der Waals surface area (Å²) in [6, 6.07) is 3.97. The van der Waals surface area contributed by atoms with Gasteiger partial charge in [-0.05, 0) is 30.9 Å². The monoisotopic (exact) mass is 212 g/mol. The van der Waals surface area contributed by atoms with Gasteiger partial charge < -0.3 is 10.6 Å². The first-order valence-electron chi connectivity index (χ1n) is 4.67. The Morgan fingerprint density at radius 3 is 2.93 bits per heavy atom. The molecule has 4 heteroatoms. The topological polar surface area (TPSA) is 46.3 Å². The smallest absolute Gasteiger partial charge is 0.227 e. The van der Waals surface area contributed by atoms with E-state index in [1.54, 1.807) is 23.3 Å². The largest absolute Gasteiger partial charge is 0.328 e. The molecule has 0 aliphatic carbocycles. The van der Waals surface area contributed by atoms with E-state index >= 15 is 0 Å². The van der Waals surface area contributed by atoms with E-state index in [1.807, 2.05) is 24.4 Å². The highest BCUT2D eigenvalue weighted by molar-refractivity contribution is 7.14. The Balaban J connectivity index is 2.45. The number of rotatable bonds is 4. The summed E-state index contributed by atoms with van der Waals surface area (Å²) < 4.78 is 0. The van der Waals surface area contributed by atoms with Crippen LogP contribution in [0.15, 0.2) is 17.5 Å². The maximum atomic E-state index is 11.6. The van der Waals surface area contributed by atoms with Crippen LogP contribution in [-0.2, 0) is 4.79 Å². The van der Waals surface area contributed by atoms with Crippen molar-refractivity contribution in [1.82, 2.24) is 0 Å². The molecule has 0 bridgehead atoms. The van der Waals surface area contributed by atoms with Crippen molar-refractivity contribution in [3.8, 4) is 0 Å². The molecule has 0 saturated carbocycles. The summed E-state index contributed by atoms with van der Waals surface area (Å²) in [7, 11) is 1.80. The minimum Gasteiger partial charge on any atom is -0.328 e. The van der Waals surface area contributed by atoms with Gasteiger partial charge in [-0.3, -0.25) is 4.79 Å². The fourth-order valence-electron chi connectivity index (χ4n) is 1.10. The lowest BCUT2D eigenvalue weighted by Gasteiger charge is -2.15. The molecular weight excluding hydrogens is 196 g/mol. The third-order valence-corrected chi connectivity index (χ3v) is 2.97. The van der Waals surface area contributed by atoms with Crippen molar-refractivity contribution in [3.63, 3.8) is 0 Å². The molecule has 2 N–H and O–H groups in total. The fraction of sp³-hybridized carbons (Fsp3) is 0.500. The summed E-state index contributed by atoms with van der Waals surface area (Å²) in [5, 5.41) is 2.95. The number of anilines is 1. The first-order valence-corrected chi connectivity index (χ1v) is 5.55. The quantitative estimate of drug-likeness (QED) is 0.827. The number of amides is 1. The Morgan fingerprint density at radius 1 is 1.71 bits per heavy atom. The van der Waals surface area contributed by atoms with Gasteiger partial charge in [0.15, 0.2) is 0 Å². The van der Waals surface area contributed by atoms with Crippen molar-refractivity contribution in [3.05, 3.63) is 17.5 Å². The predicted molar refractivity (Wildman–Crippen MR) is 60.6 cm³/mol. The first-order chi connectivity index (χ1) is 6.61. The zero-order valence-corrected chi connectivity index (χ0v) is 9.38. The van der Waals surface area contributed by atoms with Crippen LogP contribution in [0.3, 0.4) is 0 Å². The summed E-state index contributed by atoms with van der Waals surface area (Å²) in [5.41, 5.74) is 5.59. The molecular formula is C10H16N2OS. The zero-order chi connectivity index (χ0) is 10.6. The molecule has 0 spiro atoms. The summed E-state index contributed by atoms with van der Waals surface area (Å²) in [6.45, 7) is 1.92. The van der Waals surface area contributed by atoms with Gasteiger partial charge in [0.25, 0.3) is 0 Å². The lowest BCUT2D eigenvalue weighted by atomic mass is 10.2. The first kappa shape index (κ1) is 11.2. The highest BCUT2D eigenvalue weighted by atomic mass is 32.1. The second-order valence-corrected chi connectivity index (χ2v) is 4.35. The summed E-state index contributed by atoms with van der Waals surface area (Å²) in [4.78, 5) is 13.3. The maximum absolute atomic E-state index is 11.6. The van der Waals surface area contributed by atoms with Gasteiger partial charge in [0.05, 0.1) is 5.00 Å². The standard InChI is InChI=1S/C10H16N2OS/c1-8(11)5-6-9(13)12(2)10-4-3-7-14-10/h3-4,7-8H,5-6,11H2,1-2H3. The molecule has 0 radical (unpaired) electrons. The minimum atomic E-state index is 0.0932. The van der Waals surface area contributed by atoms with E-state index in [-0.39, 0.29) is 11.9 Å². The minimum absolute atomic E-state index is 0.0932. The van der Waals surface area contributed by atoms with E-state index in [9.17, 15) is 4.79 Å². The predicted octanol–water partition coefficient (Wildman–Crippen LogP) is 1.84. The van der Waals surface area contributed by atoms with Crippen molar-refractivity contribution < 1.29 is 4.79 Å². The SMILES string of the molecule is CC(N)CCC(=O)N(C)c1cccs1. The van der Waals surface area contributed by atoms with Crippen LogP contribution in [0.5, 0.6) is 0 Å². The van der Waals surface area contributed by atoms with Crippen molar-refractivity contribution in [2.45, 2.75) is 25.8 Å². The number of carbonyl (C=O) groups is 1.